The van der Waals surface area contributed by atoms with Crippen molar-refractivity contribution in [2.75, 3.05) is 45.8 Å². The van der Waals surface area contributed by atoms with Crippen molar-refractivity contribution in [2.24, 2.45) is 0 Å². The molecule has 3 heterocycles. The lowest BCUT2D eigenvalue weighted by Crippen LogP contribution is -2.47. The molecule has 1 aromatic carbocycles. The van der Waals surface area contributed by atoms with Gasteiger partial charge in [0, 0.05) is 52.1 Å². The maximum absolute atomic E-state index is 13.2. The van der Waals surface area contributed by atoms with Crippen molar-refractivity contribution in [1.82, 2.24) is 34.4 Å². The third-order valence-electron chi connectivity index (χ3n) is 6.88. The first kappa shape index (κ1) is 26.0. The zero-order valence-electron chi connectivity index (χ0n) is 21.9. The predicted molar refractivity (Wildman–Crippen MR) is 143 cm³/mol. The van der Waals surface area contributed by atoms with Crippen LogP contribution in [0.1, 0.15) is 44.5 Å². The highest BCUT2D eigenvalue weighted by Crippen LogP contribution is 2.20. The topological polar surface area (TPSA) is 88.3 Å². The fourth-order valence-corrected chi connectivity index (χ4v) is 4.92. The lowest BCUT2D eigenvalue weighted by Gasteiger charge is -2.34. The van der Waals surface area contributed by atoms with Crippen LogP contribution in [0.4, 0.5) is 0 Å². The fraction of sp³-hybridized carbons (Fsp3) is 0.556. The highest BCUT2D eigenvalue weighted by atomic mass is 16.1. The molecule has 0 radical (unpaired) electrons. The third-order valence-corrected chi connectivity index (χ3v) is 6.88. The summed E-state index contributed by atoms with van der Waals surface area (Å²) in [5.74, 6) is -0.0381. The average Bonchev–Trinajstić information content (AvgIpc) is 3.22. The number of aromatic nitrogens is 4. The minimum atomic E-state index is -0.155. The number of carbonyl (C=O) groups excluding carboxylic acids is 1. The van der Waals surface area contributed by atoms with Gasteiger partial charge in [-0.15, -0.1) is 0 Å². The van der Waals surface area contributed by atoms with Crippen molar-refractivity contribution in [3.63, 3.8) is 0 Å². The van der Waals surface area contributed by atoms with Crippen LogP contribution in [0.2, 0.25) is 0 Å². The van der Waals surface area contributed by atoms with E-state index in [2.05, 4.69) is 32.1 Å². The van der Waals surface area contributed by atoms with Crippen molar-refractivity contribution in [2.45, 2.75) is 53.0 Å². The number of para-hydroxylation sites is 1. The molecule has 9 nitrogen and oxygen atoms in total. The number of nitrogens with one attached hydrogen (secondary N) is 1. The molecule has 1 aliphatic heterocycles. The monoisotopic (exact) mass is 493 g/mol. The molecule has 2 aromatic heterocycles. The van der Waals surface area contributed by atoms with Crippen LogP contribution in [0.3, 0.4) is 0 Å². The molecule has 194 valence electrons. The molecule has 0 atom stereocenters. The summed E-state index contributed by atoms with van der Waals surface area (Å²) in [6.45, 7) is 13.9. The quantitative estimate of drug-likeness (QED) is 0.413. The second kappa shape index (κ2) is 12.3. The summed E-state index contributed by atoms with van der Waals surface area (Å²) in [5.41, 5.74) is 3.30. The maximum atomic E-state index is 13.2. The molecule has 0 unspecified atom stereocenters. The van der Waals surface area contributed by atoms with Gasteiger partial charge in [0.15, 0.2) is 5.65 Å². The minimum absolute atomic E-state index is 0.0381. The Balaban J connectivity index is 1.33. The first-order valence-electron chi connectivity index (χ1n) is 13.3. The van der Waals surface area contributed by atoms with Gasteiger partial charge in [-0.05, 0) is 51.9 Å². The summed E-state index contributed by atoms with van der Waals surface area (Å²) in [4.78, 5) is 35.4. The van der Waals surface area contributed by atoms with E-state index in [-0.39, 0.29) is 17.9 Å². The van der Waals surface area contributed by atoms with E-state index >= 15 is 0 Å². The molecule has 0 saturated carbocycles. The van der Waals surface area contributed by atoms with Crippen molar-refractivity contribution in [3.05, 3.63) is 52.1 Å². The smallest absolute Gasteiger partial charge is 0.273 e. The lowest BCUT2D eigenvalue weighted by atomic mass is 10.2. The van der Waals surface area contributed by atoms with Crippen LogP contribution in [-0.4, -0.2) is 80.9 Å². The molecular weight excluding hydrogens is 454 g/mol. The molecule has 0 bridgehead atoms. The van der Waals surface area contributed by atoms with E-state index in [0.29, 0.717) is 36.4 Å². The van der Waals surface area contributed by atoms with Crippen molar-refractivity contribution < 1.29 is 4.79 Å². The number of hydrogen-bond donors (Lipinski definition) is 1. The van der Waals surface area contributed by atoms with Crippen molar-refractivity contribution in [1.29, 1.82) is 0 Å². The Morgan fingerprint density at radius 1 is 1.03 bits per heavy atom. The van der Waals surface area contributed by atoms with Crippen LogP contribution < -0.4 is 10.9 Å². The lowest BCUT2D eigenvalue weighted by molar-refractivity contribution is -0.121. The van der Waals surface area contributed by atoms with Crippen LogP contribution in [0.5, 0.6) is 0 Å². The minimum Gasteiger partial charge on any atom is -0.356 e. The van der Waals surface area contributed by atoms with Crippen molar-refractivity contribution in [3.8, 4) is 5.69 Å². The Labute approximate surface area is 213 Å². The second-order valence-corrected chi connectivity index (χ2v) is 9.50. The van der Waals surface area contributed by atoms with Crippen LogP contribution in [0.15, 0.2) is 35.1 Å². The van der Waals surface area contributed by atoms with Gasteiger partial charge in [-0.1, -0.05) is 25.1 Å². The number of carbonyl (C=O) groups is 1. The molecular formula is C27H39N7O2. The number of piperazine rings is 1. The Morgan fingerprint density at radius 3 is 2.39 bits per heavy atom. The molecule has 1 fully saturated rings. The van der Waals surface area contributed by atoms with Gasteiger partial charge in [-0.25, -0.2) is 9.67 Å². The molecule has 9 heteroatoms. The number of hydrogen-bond acceptors (Lipinski definition) is 6. The molecule has 0 aliphatic carbocycles. The summed E-state index contributed by atoms with van der Waals surface area (Å²) in [6, 6.07) is 9.76. The Bertz CT molecular complexity index is 1210. The second-order valence-electron chi connectivity index (χ2n) is 9.50. The molecule has 1 N–H and O–H groups in total. The highest BCUT2D eigenvalue weighted by molar-refractivity contribution is 5.77. The van der Waals surface area contributed by atoms with Gasteiger partial charge in [0.2, 0.25) is 5.91 Å². The van der Waals surface area contributed by atoms with Gasteiger partial charge in [-0.3, -0.25) is 14.2 Å². The van der Waals surface area contributed by atoms with E-state index in [0.717, 1.165) is 50.5 Å². The number of aryl methyl sites for hydroxylation is 3. The average molecular weight is 494 g/mol. The zero-order valence-corrected chi connectivity index (χ0v) is 21.9. The first-order chi connectivity index (χ1) is 17.5. The van der Waals surface area contributed by atoms with Gasteiger partial charge < -0.3 is 15.1 Å². The van der Waals surface area contributed by atoms with E-state index in [4.69, 9.17) is 0 Å². The van der Waals surface area contributed by atoms with E-state index in [1.807, 2.05) is 44.2 Å². The molecule has 36 heavy (non-hydrogen) atoms. The van der Waals surface area contributed by atoms with Crippen LogP contribution >= 0.6 is 0 Å². The van der Waals surface area contributed by atoms with E-state index in [9.17, 15) is 9.59 Å². The Morgan fingerprint density at radius 2 is 1.72 bits per heavy atom. The highest BCUT2D eigenvalue weighted by Gasteiger charge is 2.19. The van der Waals surface area contributed by atoms with E-state index in [1.165, 1.54) is 13.0 Å². The molecule has 4 rings (SSSR count). The van der Waals surface area contributed by atoms with Crippen LogP contribution in [0, 0.1) is 6.92 Å². The Hall–Kier alpha value is -3.04. The van der Waals surface area contributed by atoms with Crippen molar-refractivity contribution >= 4 is 17.1 Å². The molecule has 1 amide bonds. The molecule has 3 aromatic rings. The summed E-state index contributed by atoms with van der Waals surface area (Å²) in [5, 5.41) is 7.67. The van der Waals surface area contributed by atoms with Gasteiger partial charge in [0.1, 0.15) is 11.2 Å². The standard InChI is InChI=1S/C27H39N7O2/c1-4-15-31-17-19-32(20-18-31)16-9-14-28-24(35)13-12-23-27(36)33(5-2)26-25(29-23)21(3)30-34(26)22-10-7-6-8-11-22/h6-8,10-11H,4-5,9,12-20H2,1-3H3,(H,28,35). The van der Waals surface area contributed by atoms with Crippen LogP contribution in [-0.2, 0) is 17.8 Å². The third kappa shape index (κ3) is 6.02. The molecule has 1 saturated heterocycles. The summed E-state index contributed by atoms with van der Waals surface area (Å²) >= 11 is 0. The zero-order chi connectivity index (χ0) is 25.5. The van der Waals surface area contributed by atoms with Gasteiger partial charge in [0.05, 0.1) is 11.4 Å². The van der Waals surface area contributed by atoms with Gasteiger partial charge in [0.25, 0.3) is 5.56 Å². The summed E-state index contributed by atoms with van der Waals surface area (Å²) in [6.07, 6.45) is 2.71. The largest absolute Gasteiger partial charge is 0.356 e. The first-order valence-corrected chi connectivity index (χ1v) is 13.3. The van der Waals surface area contributed by atoms with Gasteiger partial charge in [-0.2, -0.15) is 5.10 Å². The number of benzene rings is 1. The summed E-state index contributed by atoms with van der Waals surface area (Å²) < 4.78 is 3.49. The maximum Gasteiger partial charge on any atom is 0.273 e. The molecule has 0 spiro atoms. The predicted octanol–water partition coefficient (Wildman–Crippen LogP) is 2.38. The van der Waals surface area contributed by atoms with E-state index < -0.39 is 0 Å². The molecule has 1 aliphatic rings. The normalized spacial score (nSPS) is 15.0. The SMILES string of the molecule is CCCN1CCN(CCCNC(=O)CCc2nc3c(C)nn(-c4ccccc4)c3n(CC)c2=O)CC1. The summed E-state index contributed by atoms with van der Waals surface area (Å²) in [7, 11) is 0. The number of nitrogens with zero attached hydrogens (tertiary/aromatic N) is 6. The number of amides is 1. The fourth-order valence-electron chi connectivity index (χ4n) is 4.92. The van der Waals surface area contributed by atoms with Crippen LogP contribution in [0.25, 0.3) is 16.9 Å². The number of fused-ring (bicyclic) bond motifs is 1. The van der Waals surface area contributed by atoms with E-state index in [1.54, 1.807) is 9.25 Å². The number of rotatable bonds is 11. The Kier molecular flexibility index (Phi) is 8.88. The van der Waals surface area contributed by atoms with Gasteiger partial charge >= 0.3 is 0 Å².